The molecule has 0 fully saturated rings. The van der Waals surface area contributed by atoms with Crippen LogP contribution in [-0.4, -0.2) is 54.2 Å². The molecule has 0 aromatic carbocycles. The number of carbonyl (C=O) groups is 2. The van der Waals surface area contributed by atoms with E-state index in [4.69, 9.17) is 4.74 Å². The standard InChI is InChI=1S/C17H35N3O3/c1-13(2)14(21)19-10-9-18-11-12-20(16(3,4)5)15(22)23-17(6,7)8/h13,18H,9-12H2,1-8H3,(H,19,21). The maximum atomic E-state index is 12.3. The molecule has 0 saturated carbocycles. The normalized spacial score (nSPS) is 12.2. The molecule has 6 heteroatoms. The average Bonchev–Trinajstić information content (AvgIpc) is 2.33. The van der Waals surface area contributed by atoms with Crippen molar-refractivity contribution in [2.24, 2.45) is 5.92 Å². The number of nitrogens with one attached hydrogen (secondary N) is 2. The van der Waals surface area contributed by atoms with Gasteiger partial charge in [-0.1, -0.05) is 13.8 Å². The Bertz CT molecular complexity index is 382. The minimum Gasteiger partial charge on any atom is -0.444 e. The van der Waals surface area contributed by atoms with Crippen LogP contribution in [0, 0.1) is 5.92 Å². The zero-order chi connectivity index (χ0) is 18.3. The first kappa shape index (κ1) is 21.7. The first-order valence-corrected chi connectivity index (χ1v) is 8.33. The Morgan fingerprint density at radius 1 is 1.00 bits per heavy atom. The third-order valence-corrected chi connectivity index (χ3v) is 3.06. The smallest absolute Gasteiger partial charge is 0.410 e. The summed E-state index contributed by atoms with van der Waals surface area (Å²) in [5.41, 5.74) is -0.814. The predicted octanol–water partition coefficient (Wildman–Crippen LogP) is 2.38. The minimum atomic E-state index is -0.505. The SMILES string of the molecule is CC(C)C(=O)NCCNCCN(C(=O)OC(C)(C)C)C(C)(C)C. The maximum Gasteiger partial charge on any atom is 0.410 e. The van der Waals surface area contributed by atoms with E-state index in [9.17, 15) is 9.59 Å². The Morgan fingerprint density at radius 3 is 2.00 bits per heavy atom. The van der Waals surface area contributed by atoms with Crippen molar-refractivity contribution in [1.29, 1.82) is 0 Å². The van der Waals surface area contributed by atoms with Crippen LogP contribution in [0.15, 0.2) is 0 Å². The number of carbonyl (C=O) groups excluding carboxylic acids is 2. The molecule has 0 saturated heterocycles. The van der Waals surface area contributed by atoms with Crippen molar-refractivity contribution in [3.63, 3.8) is 0 Å². The van der Waals surface area contributed by atoms with Gasteiger partial charge in [0.15, 0.2) is 0 Å². The molecule has 0 aliphatic heterocycles. The van der Waals surface area contributed by atoms with Crippen LogP contribution in [0.25, 0.3) is 0 Å². The predicted molar refractivity (Wildman–Crippen MR) is 93.4 cm³/mol. The highest BCUT2D eigenvalue weighted by molar-refractivity contribution is 5.77. The molecule has 0 heterocycles. The lowest BCUT2D eigenvalue weighted by Crippen LogP contribution is -2.50. The van der Waals surface area contributed by atoms with Crippen LogP contribution in [0.5, 0.6) is 0 Å². The molecule has 6 nitrogen and oxygen atoms in total. The van der Waals surface area contributed by atoms with Crippen LogP contribution in [0.1, 0.15) is 55.4 Å². The fourth-order valence-electron chi connectivity index (χ4n) is 1.81. The van der Waals surface area contributed by atoms with E-state index in [1.165, 1.54) is 0 Å². The van der Waals surface area contributed by atoms with Crippen LogP contribution in [0.3, 0.4) is 0 Å². The Morgan fingerprint density at radius 2 is 1.57 bits per heavy atom. The lowest BCUT2D eigenvalue weighted by Gasteiger charge is -2.36. The second-order valence-electron chi connectivity index (χ2n) is 8.00. The van der Waals surface area contributed by atoms with Gasteiger partial charge in [-0.2, -0.15) is 0 Å². The lowest BCUT2D eigenvalue weighted by atomic mass is 10.1. The molecule has 136 valence electrons. The van der Waals surface area contributed by atoms with Crippen molar-refractivity contribution < 1.29 is 14.3 Å². The van der Waals surface area contributed by atoms with E-state index in [1.54, 1.807) is 4.90 Å². The third-order valence-electron chi connectivity index (χ3n) is 3.06. The monoisotopic (exact) mass is 329 g/mol. The fraction of sp³-hybridized carbons (Fsp3) is 0.882. The highest BCUT2D eigenvalue weighted by atomic mass is 16.6. The van der Waals surface area contributed by atoms with E-state index >= 15 is 0 Å². The molecular weight excluding hydrogens is 294 g/mol. The molecule has 0 unspecified atom stereocenters. The molecule has 0 aromatic heterocycles. The van der Waals surface area contributed by atoms with Gasteiger partial charge < -0.3 is 20.3 Å². The van der Waals surface area contributed by atoms with Gasteiger partial charge in [0, 0.05) is 37.6 Å². The summed E-state index contributed by atoms with van der Waals surface area (Å²) in [6, 6.07) is 0. The zero-order valence-corrected chi connectivity index (χ0v) is 16.1. The highest BCUT2D eigenvalue weighted by Gasteiger charge is 2.30. The summed E-state index contributed by atoms with van der Waals surface area (Å²) in [6.45, 7) is 17.7. The zero-order valence-electron chi connectivity index (χ0n) is 16.1. The number of ether oxygens (including phenoxy) is 1. The van der Waals surface area contributed by atoms with Gasteiger partial charge in [-0.05, 0) is 41.5 Å². The average molecular weight is 329 g/mol. The molecule has 23 heavy (non-hydrogen) atoms. The van der Waals surface area contributed by atoms with Crippen molar-refractivity contribution in [1.82, 2.24) is 15.5 Å². The van der Waals surface area contributed by atoms with E-state index in [1.807, 2.05) is 55.4 Å². The van der Waals surface area contributed by atoms with Crippen molar-refractivity contribution in [3.05, 3.63) is 0 Å². The molecule has 0 rings (SSSR count). The van der Waals surface area contributed by atoms with E-state index < -0.39 is 5.60 Å². The second-order valence-corrected chi connectivity index (χ2v) is 8.00. The first-order chi connectivity index (χ1) is 10.3. The molecule has 2 amide bonds. The summed E-state index contributed by atoms with van der Waals surface area (Å²) in [5, 5.41) is 6.08. The summed E-state index contributed by atoms with van der Waals surface area (Å²) in [5.74, 6) is 0.0513. The third kappa shape index (κ3) is 10.2. The maximum absolute atomic E-state index is 12.3. The van der Waals surface area contributed by atoms with Crippen LogP contribution in [-0.2, 0) is 9.53 Å². The van der Waals surface area contributed by atoms with Gasteiger partial charge in [-0.25, -0.2) is 4.79 Å². The number of nitrogens with zero attached hydrogens (tertiary/aromatic N) is 1. The van der Waals surface area contributed by atoms with Gasteiger partial charge in [-0.3, -0.25) is 4.79 Å². The van der Waals surface area contributed by atoms with Gasteiger partial charge in [-0.15, -0.1) is 0 Å². The number of hydrogen-bond donors (Lipinski definition) is 2. The van der Waals surface area contributed by atoms with Crippen molar-refractivity contribution in [2.45, 2.75) is 66.5 Å². The summed E-state index contributed by atoms with van der Waals surface area (Å²) in [6.07, 6.45) is -0.306. The van der Waals surface area contributed by atoms with Crippen molar-refractivity contribution in [2.75, 3.05) is 26.2 Å². The molecule has 0 spiro atoms. The van der Waals surface area contributed by atoms with E-state index in [0.29, 0.717) is 26.2 Å². The van der Waals surface area contributed by atoms with Gasteiger partial charge in [0.2, 0.25) is 5.91 Å². The molecule has 0 aliphatic rings. The first-order valence-electron chi connectivity index (χ1n) is 8.33. The van der Waals surface area contributed by atoms with Gasteiger partial charge in [0.25, 0.3) is 0 Å². The fourth-order valence-corrected chi connectivity index (χ4v) is 1.81. The van der Waals surface area contributed by atoms with Crippen molar-refractivity contribution in [3.8, 4) is 0 Å². The molecule has 0 aromatic rings. The quantitative estimate of drug-likeness (QED) is 0.704. The molecule has 0 aliphatic carbocycles. The van der Waals surface area contributed by atoms with Gasteiger partial charge in [0.05, 0.1) is 0 Å². The van der Waals surface area contributed by atoms with Crippen LogP contribution >= 0.6 is 0 Å². The Hall–Kier alpha value is -1.30. The second kappa shape index (κ2) is 9.11. The van der Waals surface area contributed by atoms with E-state index in [2.05, 4.69) is 10.6 Å². The molecule has 2 N–H and O–H groups in total. The van der Waals surface area contributed by atoms with Crippen LogP contribution in [0.2, 0.25) is 0 Å². The number of amides is 2. The minimum absolute atomic E-state index is 0.00134. The lowest BCUT2D eigenvalue weighted by molar-refractivity contribution is -0.123. The summed E-state index contributed by atoms with van der Waals surface area (Å²) in [4.78, 5) is 25.5. The summed E-state index contributed by atoms with van der Waals surface area (Å²) < 4.78 is 5.46. The highest BCUT2D eigenvalue weighted by Crippen LogP contribution is 2.17. The number of hydrogen-bond acceptors (Lipinski definition) is 4. The largest absolute Gasteiger partial charge is 0.444 e. The molecule has 0 radical (unpaired) electrons. The summed E-state index contributed by atoms with van der Waals surface area (Å²) in [7, 11) is 0. The summed E-state index contributed by atoms with van der Waals surface area (Å²) >= 11 is 0. The van der Waals surface area contributed by atoms with E-state index in [-0.39, 0.29) is 23.5 Å². The Labute approximate surface area is 141 Å². The Balaban J connectivity index is 4.23. The molecule has 0 bridgehead atoms. The van der Waals surface area contributed by atoms with Crippen LogP contribution in [0.4, 0.5) is 4.79 Å². The number of rotatable bonds is 7. The topological polar surface area (TPSA) is 70.7 Å². The van der Waals surface area contributed by atoms with Crippen LogP contribution < -0.4 is 10.6 Å². The Kier molecular flexibility index (Phi) is 8.59. The van der Waals surface area contributed by atoms with Gasteiger partial charge >= 0.3 is 6.09 Å². The molecule has 0 atom stereocenters. The van der Waals surface area contributed by atoms with E-state index in [0.717, 1.165) is 0 Å². The van der Waals surface area contributed by atoms with Crippen molar-refractivity contribution >= 4 is 12.0 Å². The molecular formula is C17H35N3O3. The van der Waals surface area contributed by atoms with Gasteiger partial charge in [0.1, 0.15) is 5.60 Å².